The molecule has 0 bridgehead atoms. The van der Waals surface area contributed by atoms with E-state index < -0.39 is 6.29 Å². The summed E-state index contributed by atoms with van der Waals surface area (Å²) in [7, 11) is 0. The molecule has 14 heavy (non-hydrogen) atoms. The Morgan fingerprint density at radius 3 is 2.93 bits per heavy atom. The Labute approximate surface area is 81.7 Å². The van der Waals surface area contributed by atoms with Crippen molar-refractivity contribution in [2.24, 2.45) is 0 Å². The lowest BCUT2D eigenvalue weighted by molar-refractivity contribution is -0.0676. The molecule has 76 valence electrons. The molecule has 0 spiro atoms. The molecular weight excluding hydrogens is 184 g/mol. The zero-order valence-electron chi connectivity index (χ0n) is 7.59. The molecule has 1 fully saturated rings. The van der Waals surface area contributed by atoms with Crippen molar-refractivity contribution in [3.8, 4) is 5.75 Å². The second kappa shape index (κ2) is 3.96. The Morgan fingerprint density at radius 2 is 2.29 bits per heavy atom. The van der Waals surface area contributed by atoms with E-state index in [1.54, 1.807) is 18.2 Å². The van der Waals surface area contributed by atoms with Crippen LogP contribution < -0.4 is 0 Å². The number of aromatic hydroxyl groups is 1. The summed E-state index contributed by atoms with van der Waals surface area (Å²) in [6.45, 7) is 0.339. The van der Waals surface area contributed by atoms with Crippen LogP contribution in [0.25, 0.3) is 0 Å². The van der Waals surface area contributed by atoms with Gasteiger partial charge < -0.3 is 19.7 Å². The zero-order valence-corrected chi connectivity index (χ0v) is 7.59. The fraction of sp³-hybridized carbons (Fsp3) is 0.400. The summed E-state index contributed by atoms with van der Waals surface area (Å²) in [5, 5.41) is 18.1. The predicted octanol–water partition coefficient (Wildman–Crippen LogP) is 0.798. The maximum Gasteiger partial charge on any atom is 0.184 e. The van der Waals surface area contributed by atoms with Crippen molar-refractivity contribution in [1.29, 1.82) is 0 Å². The van der Waals surface area contributed by atoms with Gasteiger partial charge in [-0.15, -0.1) is 0 Å². The van der Waals surface area contributed by atoms with Crippen molar-refractivity contribution in [1.82, 2.24) is 0 Å². The molecule has 0 aromatic heterocycles. The topological polar surface area (TPSA) is 58.9 Å². The average molecular weight is 196 g/mol. The molecule has 1 heterocycles. The van der Waals surface area contributed by atoms with E-state index in [0.717, 1.165) is 5.56 Å². The van der Waals surface area contributed by atoms with Crippen molar-refractivity contribution in [3.05, 3.63) is 29.8 Å². The van der Waals surface area contributed by atoms with Crippen molar-refractivity contribution in [3.63, 3.8) is 0 Å². The SMILES string of the molecule is OCC1COC(c2cccc(O)c2)O1. The van der Waals surface area contributed by atoms with Crippen LogP contribution in [-0.2, 0) is 9.47 Å². The summed E-state index contributed by atoms with van der Waals surface area (Å²) in [5.41, 5.74) is 0.765. The summed E-state index contributed by atoms with van der Waals surface area (Å²) < 4.78 is 10.7. The molecule has 1 aliphatic heterocycles. The normalized spacial score (nSPS) is 26.6. The minimum absolute atomic E-state index is 0.0463. The number of phenols is 1. The number of phenolic OH excluding ortho intramolecular Hbond substituents is 1. The first-order valence-electron chi connectivity index (χ1n) is 4.46. The number of ether oxygens (including phenoxy) is 2. The van der Waals surface area contributed by atoms with Gasteiger partial charge in [-0.05, 0) is 12.1 Å². The van der Waals surface area contributed by atoms with E-state index in [4.69, 9.17) is 14.6 Å². The van der Waals surface area contributed by atoms with Crippen molar-refractivity contribution in [2.45, 2.75) is 12.4 Å². The number of rotatable bonds is 2. The van der Waals surface area contributed by atoms with Crippen LogP contribution in [0.4, 0.5) is 0 Å². The van der Waals surface area contributed by atoms with Crippen LogP contribution >= 0.6 is 0 Å². The molecule has 1 aliphatic rings. The molecule has 1 saturated heterocycles. The van der Waals surface area contributed by atoms with Gasteiger partial charge in [0.15, 0.2) is 6.29 Å². The lowest BCUT2D eigenvalue weighted by atomic mass is 10.2. The van der Waals surface area contributed by atoms with Crippen LogP contribution in [0.2, 0.25) is 0 Å². The van der Waals surface area contributed by atoms with Gasteiger partial charge in [0.1, 0.15) is 11.9 Å². The highest BCUT2D eigenvalue weighted by molar-refractivity contribution is 5.28. The largest absolute Gasteiger partial charge is 0.508 e. The summed E-state index contributed by atoms with van der Waals surface area (Å²) in [6.07, 6.45) is -0.735. The third kappa shape index (κ3) is 1.87. The van der Waals surface area contributed by atoms with Crippen molar-refractivity contribution < 1.29 is 19.7 Å². The first-order chi connectivity index (χ1) is 6.79. The van der Waals surface area contributed by atoms with Crippen molar-refractivity contribution in [2.75, 3.05) is 13.2 Å². The highest BCUT2D eigenvalue weighted by Gasteiger charge is 2.26. The monoisotopic (exact) mass is 196 g/mol. The van der Waals surface area contributed by atoms with E-state index in [2.05, 4.69) is 0 Å². The Balaban J connectivity index is 2.09. The lowest BCUT2D eigenvalue weighted by Crippen LogP contribution is -2.14. The minimum Gasteiger partial charge on any atom is -0.508 e. The van der Waals surface area contributed by atoms with Gasteiger partial charge in [-0.3, -0.25) is 0 Å². The van der Waals surface area contributed by atoms with E-state index in [1.165, 1.54) is 0 Å². The van der Waals surface area contributed by atoms with Gasteiger partial charge in [0.05, 0.1) is 13.2 Å². The lowest BCUT2D eigenvalue weighted by Gasteiger charge is -2.10. The van der Waals surface area contributed by atoms with Crippen LogP contribution in [0.5, 0.6) is 5.75 Å². The molecular formula is C10H12O4. The summed E-state index contributed by atoms with van der Waals surface area (Å²) in [5.74, 6) is 0.183. The van der Waals surface area contributed by atoms with Gasteiger partial charge in [-0.2, -0.15) is 0 Å². The molecule has 1 aromatic carbocycles. The fourth-order valence-corrected chi connectivity index (χ4v) is 1.39. The van der Waals surface area contributed by atoms with Crippen LogP contribution in [0.15, 0.2) is 24.3 Å². The van der Waals surface area contributed by atoms with Gasteiger partial charge in [0.2, 0.25) is 0 Å². The molecule has 2 unspecified atom stereocenters. The third-order valence-corrected chi connectivity index (χ3v) is 2.10. The second-order valence-electron chi connectivity index (χ2n) is 3.20. The molecule has 2 N–H and O–H groups in total. The number of benzene rings is 1. The average Bonchev–Trinajstić information content (AvgIpc) is 2.66. The molecule has 1 aromatic rings. The first kappa shape index (κ1) is 9.45. The minimum atomic E-state index is -0.473. The maximum atomic E-state index is 9.24. The van der Waals surface area contributed by atoms with Gasteiger partial charge >= 0.3 is 0 Å². The highest BCUT2D eigenvalue weighted by atomic mass is 16.7. The highest BCUT2D eigenvalue weighted by Crippen LogP contribution is 2.28. The van der Waals surface area contributed by atoms with Gasteiger partial charge in [-0.1, -0.05) is 12.1 Å². The van der Waals surface area contributed by atoms with Crippen LogP contribution in [-0.4, -0.2) is 29.5 Å². The van der Waals surface area contributed by atoms with Gasteiger partial charge in [-0.25, -0.2) is 0 Å². The first-order valence-corrected chi connectivity index (χ1v) is 4.46. The Morgan fingerprint density at radius 1 is 1.43 bits per heavy atom. The van der Waals surface area contributed by atoms with E-state index in [9.17, 15) is 5.11 Å². The number of hydrogen-bond donors (Lipinski definition) is 2. The van der Waals surface area contributed by atoms with Gasteiger partial charge in [0, 0.05) is 5.56 Å². The van der Waals surface area contributed by atoms with Crippen LogP contribution in [0.3, 0.4) is 0 Å². The maximum absolute atomic E-state index is 9.24. The standard InChI is InChI=1S/C10H12O4/c11-5-9-6-13-10(14-9)7-2-1-3-8(12)4-7/h1-4,9-12H,5-6H2. The predicted molar refractivity (Wildman–Crippen MR) is 48.8 cm³/mol. The second-order valence-corrected chi connectivity index (χ2v) is 3.20. The van der Waals surface area contributed by atoms with E-state index in [-0.39, 0.29) is 18.5 Å². The summed E-state index contributed by atoms with van der Waals surface area (Å²) in [6, 6.07) is 6.71. The van der Waals surface area contributed by atoms with Crippen LogP contribution in [0.1, 0.15) is 11.9 Å². The Kier molecular flexibility index (Phi) is 2.67. The smallest absolute Gasteiger partial charge is 0.184 e. The third-order valence-electron chi connectivity index (χ3n) is 2.10. The van der Waals surface area contributed by atoms with Gasteiger partial charge in [0.25, 0.3) is 0 Å². The Bertz CT molecular complexity index is 313. The van der Waals surface area contributed by atoms with E-state index in [1.807, 2.05) is 6.07 Å². The van der Waals surface area contributed by atoms with E-state index >= 15 is 0 Å². The Hall–Kier alpha value is -1.10. The molecule has 2 rings (SSSR count). The molecule has 0 radical (unpaired) electrons. The zero-order chi connectivity index (χ0) is 9.97. The summed E-state index contributed by atoms with van der Waals surface area (Å²) in [4.78, 5) is 0. The van der Waals surface area contributed by atoms with Crippen molar-refractivity contribution >= 4 is 0 Å². The van der Waals surface area contributed by atoms with E-state index in [0.29, 0.717) is 6.61 Å². The molecule has 0 saturated carbocycles. The molecule has 0 aliphatic carbocycles. The number of hydrogen-bond acceptors (Lipinski definition) is 4. The summed E-state index contributed by atoms with van der Waals surface area (Å²) >= 11 is 0. The quantitative estimate of drug-likeness (QED) is 0.734. The molecule has 0 amide bonds. The molecule has 4 heteroatoms. The fourth-order valence-electron chi connectivity index (χ4n) is 1.39. The molecule has 4 nitrogen and oxygen atoms in total. The number of aliphatic hydroxyl groups excluding tert-OH is 1. The van der Waals surface area contributed by atoms with Crippen LogP contribution in [0, 0.1) is 0 Å². The molecule has 2 atom stereocenters. The number of aliphatic hydroxyl groups is 1.